The Kier molecular flexibility index (Phi) is 58.8. The monoisotopic (exact) mass is 2030 g/mol. The first-order chi connectivity index (χ1) is 67.8. The topological polar surface area (TPSA) is 524 Å². The second kappa shape index (κ2) is 68.2. The molecule has 43 heteroatoms. The molecular weight excluding hydrogens is 1870 g/mol. The quantitative estimate of drug-likeness (QED) is 0.0133. The standard InChI is InChI=1S/C99H156N12O30S/c1-15-69(6)88(96(124)109(12)79(67(2)3)63-82(140-71(8)112)95-106-78(66-142-95)91(120)103-75(61-70(7)97(125)126)62-72-23-17-16-18-24-72)108-93(122)81-26-20-22-37-111(81,13)65-73-27-29-74(30-28-73)102-89(118)77(31-34-86(116)117)105-94(123)87(68(4)5)107-90(119)76(104-92(121)80(110-84(114)32-33-85(110)115)64-101-98(127)141-99(9,10)11)25-19-21-36-100-83(113)35-38-129-41-42-131-45-46-133-49-50-135-53-54-137-57-58-139-60-59-138-56-55-136-52-51-134-48-47-132-44-43-130-40-39-128-14/h16-18,23-24,27-30,32-33,66-70,75-77,79-82,87-88H,15,19-22,25-26,31,34-65H2,1-14H3,(H9-,100,101,102,103,104,105,107,108,113,116,117,118,119,120,121,122,123,125,126,127)/p+1/t69-,70-,75+,76-,77-,79+,80-,81+,82+,87-,88-,111?/m0/s1. The lowest BCUT2D eigenvalue weighted by Crippen LogP contribution is -2.63. The molecule has 0 radical (unpaired) electrons. The van der Waals surface area contributed by atoms with Gasteiger partial charge in [-0.2, -0.15) is 0 Å². The predicted molar refractivity (Wildman–Crippen MR) is 523 cm³/mol. The second-order valence-corrected chi connectivity index (χ2v) is 37.7. The number of aromatic nitrogens is 1. The van der Waals surface area contributed by atoms with Crippen molar-refractivity contribution in [2.75, 3.05) is 198 Å². The number of alkyl carbamates (subject to hydrolysis) is 1. The lowest BCUT2D eigenvalue weighted by Gasteiger charge is -2.44. The Hall–Kier alpha value is -10.1. The fourth-order valence-corrected chi connectivity index (χ4v) is 16.3. The minimum atomic E-state index is -1.73. The van der Waals surface area contributed by atoms with Crippen LogP contribution in [-0.4, -0.2) is 359 Å². The average molecular weight is 2030 g/mol. The van der Waals surface area contributed by atoms with Crippen LogP contribution in [0.25, 0.3) is 0 Å². The number of thiazole rings is 1. The number of methoxy groups -OCH3 is 1. The van der Waals surface area contributed by atoms with Crippen LogP contribution in [0.5, 0.6) is 0 Å². The van der Waals surface area contributed by atoms with Gasteiger partial charge in [0.25, 0.3) is 23.6 Å². The summed E-state index contributed by atoms with van der Waals surface area (Å²) >= 11 is 1.11. The first-order valence-electron chi connectivity index (χ1n) is 49.1. The highest BCUT2D eigenvalue weighted by molar-refractivity contribution is 7.09. The third kappa shape index (κ3) is 48.5. The number of hydrogen-bond donors (Lipinski definition) is 10. The number of imide groups is 1. The number of rotatable bonds is 76. The number of amides is 11. The van der Waals surface area contributed by atoms with E-state index in [1.165, 1.54) is 6.92 Å². The fourth-order valence-electron chi connectivity index (χ4n) is 15.5. The SMILES string of the molecule is CC[C@H](C)[C@H](NC(=O)[C@H]1CCCC[N+]1(C)Cc1ccc(NC(=O)[C@H](CCC(=O)O)NC(=O)[C@@H](NC(=O)[C@H](CCCCNC(=O)CCOCCOCCOCCOCCOCCOCCOCCOCCOCCOCCOCCOC)NC(=O)[C@H](CNC(=O)OC(C)(C)C)N2C(=O)C=CC2=O)C(C)C)cc1)C(=O)N(C)[C@H](C[C@@H](OC(C)=O)c1nc(C(=O)N[C@@H](Cc2ccccc2)C[C@H](C)C(=O)O)cs1)C(C)C. The minimum Gasteiger partial charge on any atom is -0.481 e. The van der Waals surface area contributed by atoms with Crippen LogP contribution in [0.2, 0.25) is 0 Å². The molecule has 0 bridgehead atoms. The number of aliphatic carboxylic acids is 2. The number of carbonyl (C=O) groups is 14. The number of nitrogens with zero attached hydrogens (tertiary/aromatic N) is 4. The van der Waals surface area contributed by atoms with Gasteiger partial charge in [0.15, 0.2) is 12.1 Å². The van der Waals surface area contributed by atoms with Gasteiger partial charge < -0.3 is 128 Å². The molecule has 2 aromatic carbocycles. The molecule has 5 rings (SSSR count). The molecule has 798 valence electrons. The Morgan fingerprint density at radius 1 is 0.577 bits per heavy atom. The van der Waals surface area contributed by atoms with E-state index in [0.717, 1.165) is 47.5 Å². The van der Waals surface area contributed by atoms with Crippen molar-refractivity contribution in [1.29, 1.82) is 0 Å². The van der Waals surface area contributed by atoms with Crippen molar-refractivity contribution < 1.29 is 148 Å². The molecule has 1 unspecified atom stereocenters. The van der Waals surface area contributed by atoms with Crippen LogP contribution in [0.3, 0.4) is 0 Å². The zero-order valence-corrected chi connectivity index (χ0v) is 86.1. The highest BCUT2D eigenvalue weighted by atomic mass is 32.1. The van der Waals surface area contributed by atoms with E-state index >= 15 is 4.79 Å². The minimum absolute atomic E-state index is 0.00422. The number of carboxylic acids is 2. The molecule has 2 aliphatic rings. The summed E-state index contributed by atoms with van der Waals surface area (Å²) in [5, 5.41) is 43.5. The molecule has 0 spiro atoms. The molecule has 142 heavy (non-hydrogen) atoms. The Labute approximate surface area is 838 Å². The maximum absolute atomic E-state index is 15.1. The molecular formula is C99H157N12O30S+. The molecule has 12 atom stereocenters. The lowest BCUT2D eigenvalue weighted by molar-refractivity contribution is -0.942. The van der Waals surface area contributed by atoms with E-state index < -0.39 is 157 Å². The van der Waals surface area contributed by atoms with Crippen molar-refractivity contribution in [3.63, 3.8) is 0 Å². The highest BCUT2D eigenvalue weighted by Gasteiger charge is 2.45. The smallest absolute Gasteiger partial charge is 0.407 e. The van der Waals surface area contributed by atoms with Crippen LogP contribution in [0, 0.1) is 23.7 Å². The van der Waals surface area contributed by atoms with Gasteiger partial charge in [0.05, 0.1) is 178 Å². The van der Waals surface area contributed by atoms with E-state index in [2.05, 4.69) is 47.5 Å². The number of anilines is 1. The number of hydrogen-bond acceptors (Lipinski definition) is 30. The largest absolute Gasteiger partial charge is 0.481 e. The van der Waals surface area contributed by atoms with Crippen LogP contribution in [0.1, 0.15) is 186 Å². The van der Waals surface area contributed by atoms with Crippen LogP contribution >= 0.6 is 11.3 Å². The predicted octanol–water partition coefficient (Wildman–Crippen LogP) is 6.04. The summed E-state index contributed by atoms with van der Waals surface area (Å²) < 4.78 is 77.0. The van der Waals surface area contributed by atoms with E-state index in [-0.39, 0.29) is 110 Å². The summed E-state index contributed by atoms with van der Waals surface area (Å²) in [6.07, 6.45) is 2.34. The average Bonchev–Trinajstić information content (AvgIpc) is 1.04. The normalized spacial score (nSPS) is 16.4. The lowest BCUT2D eigenvalue weighted by atomic mass is 9.92. The van der Waals surface area contributed by atoms with Gasteiger partial charge in [0.2, 0.25) is 35.4 Å². The van der Waals surface area contributed by atoms with Gasteiger partial charge in [0.1, 0.15) is 53.1 Å². The summed E-state index contributed by atoms with van der Waals surface area (Å²) in [7, 11) is 5.25. The van der Waals surface area contributed by atoms with E-state index in [1.807, 2.05) is 65.1 Å². The molecule has 0 aliphatic carbocycles. The molecule has 3 heterocycles. The Morgan fingerprint density at radius 3 is 1.59 bits per heavy atom. The molecule has 42 nitrogen and oxygen atoms in total. The number of carboxylic acid groups (broad SMARTS) is 2. The Balaban J connectivity index is 1.12. The molecule has 10 N–H and O–H groups in total. The van der Waals surface area contributed by atoms with Crippen LogP contribution in [-0.2, 0) is 137 Å². The molecule has 2 aliphatic heterocycles. The van der Waals surface area contributed by atoms with Gasteiger partial charge in [-0.15, -0.1) is 11.3 Å². The first kappa shape index (κ1) is 122. The van der Waals surface area contributed by atoms with E-state index in [9.17, 15) is 72.5 Å². The first-order valence-corrected chi connectivity index (χ1v) is 50.0. The van der Waals surface area contributed by atoms with E-state index in [4.69, 9.17) is 66.3 Å². The second-order valence-electron chi connectivity index (χ2n) is 36.8. The number of ether oxygens (including phenoxy) is 14. The number of benzene rings is 2. The van der Waals surface area contributed by atoms with Crippen molar-refractivity contribution in [3.8, 4) is 0 Å². The Morgan fingerprint density at radius 2 is 1.10 bits per heavy atom. The molecule has 1 aromatic heterocycles. The molecule has 1 fully saturated rings. The molecule has 3 aromatic rings. The van der Waals surface area contributed by atoms with Crippen LogP contribution in [0.4, 0.5) is 10.5 Å². The van der Waals surface area contributed by atoms with Gasteiger partial charge >= 0.3 is 24.0 Å². The van der Waals surface area contributed by atoms with Gasteiger partial charge in [-0.3, -0.25) is 67.2 Å². The van der Waals surface area contributed by atoms with Gasteiger partial charge in [-0.05, 0) is 108 Å². The van der Waals surface area contributed by atoms with Crippen molar-refractivity contribution in [2.24, 2.45) is 23.7 Å². The number of nitrogens with one attached hydrogen (secondary N) is 8. The number of esters is 1. The maximum atomic E-state index is 15.1. The van der Waals surface area contributed by atoms with Crippen molar-refractivity contribution >= 4 is 100 Å². The number of piperidine rings is 1. The van der Waals surface area contributed by atoms with Gasteiger partial charge in [-0.25, -0.2) is 9.78 Å². The fraction of sp³-hybridized carbons (Fsp3) is 0.687. The van der Waals surface area contributed by atoms with Crippen molar-refractivity contribution in [3.05, 3.63) is 94.0 Å². The molecule has 11 amide bonds. The number of carbonyl (C=O) groups excluding carboxylic acids is 12. The summed E-state index contributed by atoms with van der Waals surface area (Å²) in [5.41, 5.74) is 0.997. The van der Waals surface area contributed by atoms with Gasteiger partial charge in [-0.1, -0.05) is 97.4 Å². The third-order valence-corrected chi connectivity index (χ3v) is 24.4. The summed E-state index contributed by atoms with van der Waals surface area (Å²) in [6.45, 7) is 28.1. The van der Waals surface area contributed by atoms with Crippen LogP contribution in [0.15, 0.2) is 72.1 Å². The molecule has 0 saturated carbocycles. The zero-order chi connectivity index (χ0) is 104. The summed E-state index contributed by atoms with van der Waals surface area (Å²) in [5.74, 6) is -12.0. The number of likely N-dealkylation sites (tertiary alicyclic amines) is 1. The zero-order valence-electron chi connectivity index (χ0n) is 85.2. The summed E-state index contributed by atoms with van der Waals surface area (Å²) in [6, 6.07) is 7.25. The number of unbranched alkanes of at least 4 members (excludes halogenated alkanes) is 1. The maximum Gasteiger partial charge on any atom is 0.407 e. The Bertz CT molecular complexity index is 4320. The van der Waals surface area contributed by atoms with E-state index in [0.29, 0.717) is 174 Å². The van der Waals surface area contributed by atoms with Crippen molar-refractivity contribution in [2.45, 2.75) is 226 Å². The number of likely N-dealkylation sites (N-methyl/N-ethyl adjacent to an activating group) is 2. The van der Waals surface area contributed by atoms with E-state index in [1.54, 1.807) is 90.2 Å². The highest BCUT2D eigenvalue weighted by Crippen LogP contribution is 2.33. The third-order valence-electron chi connectivity index (χ3n) is 23.4. The van der Waals surface area contributed by atoms with Crippen LogP contribution < -0.4 is 42.5 Å². The molecule has 1 saturated heterocycles. The van der Waals surface area contributed by atoms with Crippen molar-refractivity contribution in [1.82, 2.24) is 52.0 Å². The summed E-state index contributed by atoms with van der Waals surface area (Å²) in [4.78, 5) is 198. The van der Waals surface area contributed by atoms with Gasteiger partial charge in [0, 0.05) is 94.2 Å². The number of quaternary nitrogens is 1.